The molecule has 0 aromatic heterocycles. The highest BCUT2D eigenvalue weighted by atomic mass is 31.2. The predicted octanol–water partition coefficient (Wildman–Crippen LogP) is 4.45. The largest absolute Gasteiger partial charge is 0.0965 e. The fourth-order valence-corrected chi connectivity index (χ4v) is 12.0. The van der Waals surface area contributed by atoms with Crippen molar-refractivity contribution < 1.29 is 0 Å². The molecular formula is C22H24P2. The summed E-state index contributed by atoms with van der Waals surface area (Å²) in [6, 6.07) is 32.4. The summed E-state index contributed by atoms with van der Waals surface area (Å²) in [5.74, 6) is 1.05. The van der Waals surface area contributed by atoms with Gasteiger partial charge in [-0.1, -0.05) is 117 Å². The molecule has 0 N–H and O–H groups in total. The highest BCUT2D eigenvalue weighted by Crippen LogP contribution is 2.57. The minimum absolute atomic E-state index is 1.05. The standard InChI is InChI=1S/C22H24P2/c1-23(2,20-13-7-4-8-14-20)19-24(3,21-15-9-5-10-16-21)22-17-11-6-12-18-22/h4-18H,1,3,19H2,2H3. The van der Waals surface area contributed by atoms with E-state index in [4.69, 9.17) is 6.30 Å². The SMILES string of the molecule is C=P(C)(CP(=C)(c1ccccc1)c1ccccc1)c1ccccc1. The van der Waals surface area contributed by atoms with Gasteiger partial charge in [0.15, 0.2) is 0 Å². The summed E-state index contributed by atoms with van der Waals surface area (Å²) in [6.07, 6.45) is 9.49. The second-order valence-corrected chi connectivity index (χ2v) is 13.9. The van der Waals surface area contributed by atoms with E-state index in [0.29, 0.717) is 0 Å². The van der Waals surface area contributed by atoms with Crippen LogP contribution in [0.4, 0.5) is 0 Å². The minimum atomic E-state index is -1.72. The molecule has 1 unspecified atom stereocenters. The second-order valence-electron chi connectivity index (χ2n) is 6.51. The first kappa shape index (κ1) is 17.1. The zero-order valence-corrected chi connectivity index (χ0v) is 16.0. The summed E-state index contributed by atoms with van der Waals surface area (Å²) in [6.45, 7) is -0.893. The van der Waals surface area contributed by atoms with Crippen LogP contribution in [0.25, 0.3) is 0 Å². The van der Waals surface area contributed by atoms with Gasteiger partial charge in [-0.2, -0.15) is 0 Å². The van der Waals surface area contributed by atoms with Crippen LogP contribution in [-0.2, 0) is 0 Å². The average Bonchev–Trinajstić information content (AvgIpc) is 2.63. The van der Waals surface area contributed by atoms with Crippen molar-refractivity contribution in [2.24, 2.45) is 0 Å². The quantitative estimate of drug-likeness (QED) is 0.597. The number of benzene rings is 3. The van der Waals surface area contributed by atoms with Crippen molar-refractivity contribution in [1.82, 2.24) is 0 Å². The molecule has 0 saturated heterocycles. The van der Waals surface area contributed by atoms with Crippen molar-refractivity contribution >= 4 is 42.3 Å². The molecule has 24 heavy (non-hydrogen) atoms. The smallest absolute Gasteiger partial charge is 0.00224 e. The van der Waals surface area contributed by atoms with E-state index < -0.39 is 13.8 Å². The van der Waals surface area contributed by atoms with Gasteiger partial charge in [-0.3, -0.25) is 0 Å². The molecule has 3 aromatic rings. The van der Waals surface area contributed by atoms with Crippen LogP contribution >= 0.6 is 13.8 Å². The summed E-state index contributed by atoms with van der Waals surface area (Å²) in [7, 11) is 0. The third-order valence-electron chi connectivity index (χ3n) is 4.43. The molecule has 3 rings (SSSR count). The summed E-state index contributed by atoms with van der Waals surface area (Å²) in [5, 5.41) is 4.11. The molecule has 0 aliphatic carbocycles. The van der Waals surface area contributed by atoms with Crippen LogP contribution < -0.4 is 15.9 Å². The molecule has 2 heteroatoms. The highest BCUT2D eigenvalue weighted by Gasteiger charge is 2.25. The molecule has 0 nitrogen and oxygen atoms in total. The number of hydrogen-bond acceptors (Lipinski definition) is 0. The van der Waals surface area contributed by atoms with Gasteiger partial charge >= 0.3 is 0 Å². The van der Waals surface area contributed by atoms with Gasteiger partial charge in [-0.25, -0.2) is 0 Å². The van der Waals surface area contributed by atoms with Crippen molar-refractivity contribution in [1.29, 1.82) is 0 Å². The van der Waals surface area contributed by atoms with Gasteiger partial charge in [0.05, 0.1) is 0 Å². The fourth-order valence-electron chi connectivity index (χ4n) is 3.14. The lowest BCUT2D eigenvalue weighted by molar-refractivity contribution is 1.73. The lowest BCUT2D eigenvalue weighted by Gasteiger charge is -2.32. The molecule has 0 aliphatic rings. The molecule has 0 spiro atoms. The van der Waals surface area contributed by atoms with Gasteiger partial charge < -0.3 is 0 Å². The van der Waals surface area contributed by atoms with Crippen LogP contribution in [0.1, 0.15) is 0 Å². The molecule has 3 aromatic carbocycles. The van der Waals surface area contributed by atoms with Gasteiger partial charge in [-0.15, -0.1) is 0 Å². The van der Waals surface area contributed by atoms with Gasteiger partial charge in [-0.05, 0) is 28.5 Å². The Morgan fingerprint density at radius 1 is 0.583 bits per heavy atom. The minimum Gasteiger partial charge on any atom is -0.0965 e. The lowest BCUT2D eigenvalue weighted by Crippen LogP contribution is -2.21. The van der Waals surface area contributed by atoms with E-state index in [9.17, 15) is 0 Å². The molecule has 122 valence electrons. The molecule has 1 atom stereocenters. The van der Waals surface area contributed by atoms with Crippen LogP contribution in [0.3, 0.4) is 0 Å². The van der Waals surface area contributed by atoms with Crippen LogP contribution in [-0.4, -0.2) is 25.2 Å². The molecule has 0 bridgehead atoms. The van der Waals surface area contributed by atoms with E-state index in [1.165, 1.54) is 15.9 Å². The zero-order valence-electron chi connectivity index (χ0n) is 14.2. The van der Waals surface area contributed by atoms with Crippen molar-refractivity contribution in [3.05, 3.63) is 91.0 Å². The topological polar surface area (TPSA) is 0 Å². The number of hydrogen-bond donors (Lipinski definition) is 0. The number of rotatable bonds is 5. The van der Waals surface area contributed by atoms with E-state index in [-0.39, 0.29) is 0 Å². The first-order valence-electron chi connectivity index (χ1n) is 8.11. The third-order valence-corrected chi connectivity index (χ3v) is 13.0. The molecular weight excluding hydrogens is 326 g/mol. The normalized spacial score (nSPS) is 14.0. The summed E-state index contributed by atoms with van der Waals surface area (Å²) in [4.78, 5) is 0. The fraction of sp³-hybridized carbons (Fsp3) is 0.0909. The summed E-state index contributed by atoms with van der Waals surface area (Å²) >= 11 is 0. The average molecular weight is 350 g/mol. The predicted molar refractivity (Wildman–Crippen MR) is 117 cm³/mol. The van der Waals surface area contributed by atoms with E-state index in [1.807, 2.05) is 0 Å². The van der Waals surface area contributed by atoms with Gasteiger partial charge in [0.25, 0.3) is 0 Å². The maximum atomic E-state index is 4.82. The van der Waals surface area contributed by atoms with Gasteiger partial charge in [0.2, 0.25) is 0 Å². The first-order chi connectivity index (χ1) is 11.5. The van der Waals surface area contributed by atoms with Crippen molar-refractivity contribution in [3.8, 4) is 0 Å². The Balaban J connectivity index is 2.10. The Morgan fingerprint density at radius 3 is 1.29 bits per heavy atom. The highest BCUT2D eigenvalue weighted by molar-refractivity contribution is 7.99. The van der Waals surface area contributed by atoms with E-state index in [1.54, 1.807) is 0 Å². The third kappa shape index (κ3) is 3.51. The molecule has 0 saturated carbocycles. The van der Waals surface area contributed by atoms with Crippen LogP contribution in [0.5, 0.6) is 0 Å². The Kier molecular flexibility index (Phi) is 5.00. The van der Waals surface area contributed by atoms with Crippen molar-refractivity contribution in [2.75, 3.05) is 12.6 Å². The Morgan fingerprint density at radius 2 is 0.917 bits per heavy atom. The van der Waals surface area contributed by atoms with Crippen LogP contribution in [0, 0.1) is 0 Å². The van der Waals surface area contributed by atoms with E-state index in [0.717, 1.165) is 5.90 Å². The van der Waals surface area contributed by atoms with E-state index in [2.05, 4.69) is 104 Å². The molecule has 0 radical (unpaired) electrons. The van der Waals surface area contributed by atoms with Crippen molar-refractivity contribution in [2.45, 2.75) is 0 Å². The Hall–Kier alpha value is -1.74. The van der Waals surface area contributed by atoms with Crippen LogP contribution in [0.15, 0.2) is 91.0 Å². The second kappa shape index (κ2) is 7.02. The zero-order chi connectivity index (χ0) is 17.0. The molecule has 0 aliphatic heterocycles. The molecule has 0 amide bonds. The van der Waals surface area contributed by atoms with E-state index >= 15 is 0 Å². The maximum absolute atomic E-state index is 4.82. The van der Waals surface area contributed by atoms with Gasteiger partial charge in [0, 0.05) is 0 Å². The summed E-state index contributed by atoms with van der Waals surface area (Å²) in [5.41, 5.74) is 0. The summed E-state index contributed by atoms with van der Waals surface area (Å²) < 4.78 is 0. The Labute approximate surface area is 146 Å². The lowest BCUT2D eigenvalue weighted by atomic mass is 10.4. The Bertz CT molecular complexity index is 838. The molecule has 0 fully saturated rings. The van der Waals surface area contributed by atoms with Crippen molar-refractivity contribution in [3.63, 3.8) is 0 Å². The maximum Gasteiger partial charge on any atom is -0.00224 e. The van der Waals surface area contributed by atoms with Gasteiger partial charge in [0.1, 0.15) is 0 Å². The first-order valence-corrected chi connectivity index (χ1v) is 12.9. The molecule has 0 heterocycles. The van der Waals surface area contributed by atoms with Crippen LogP contribution in [0.2, 0.25) is 0 Å². The monoisotopic (exact) mass is 350 g/mol.